The van der Waals surface area contributed by atoms with E-state index >= 15 is 0 Å². The number of benzene rings is 3. The monoisotopic (exact) mass is 2330 g/mol. The molecule has 5 N–H and O–H groups in total. The van der Waals surface area contributed by atoms with Crippen LogP contribution in [0.1, 0.15) is 194 Å². The molecule has 1 unspecified atom stereocenters. The first kappa shape index (κ1) is 110. The van der Waals surface area contributed by atoms with Gasteiger partial charge in [0.05, 0.1) is 51.6 Å². The summed E-state index contributed by atoms with van der Waals surface area (Å²) in [7, 11) is 1.28. The number of carboxylic acids is 1. The predicted molar refractivity (Wildman–Crippen MR) is 513 cm³/mol. The van der Waals surface area contributed by atoms with Crippen molar-refractivity contribution >= 4 is 182 Å². The van der Waals surface area contributed by atoms with Crippen LogP contribution in [-0.2, 0) is 67.0 Å². The molecule has 1 atom stereocenters. The zero-order valence-corrected chi connectivity index (χ0v) is 86.6. The molecule has 1 radical (unpaired) electrons. The Balaban J connectivity index is 0.000000336. The van der Waals surface area contributed by atoms with Crippen molar-refractivity contribution in [2.45, 2.75) is 170 Å². The summed E-state index contributed by atoms with van der Waals surface area (Å²) in [5.74, 6) is 2.21. The number of aliphatic carboxylic acids is 1. The van der Waals surface area contributed by atoms with E-state index in [1.165, 1.54) is 26.7 Å². The van der Waals surface area contributed by atoms with Crippen LogP contribution in [0.25, 0.3) is 34.6 Å². The molecule has 659 valence electrons. The minimum absolute atomic E-state index is 0. The number of ether oxygens (including phenoxy) is 2. The average Bonchev–Trinajstić information content (AvgIpc) is 1.64. The summed E-state index contributed by atoms with van der Waals surface area (Å²) >= 11 is 12.0. The second-order valence-corrected chi connectivity index (χ2v) is 68.0. The fourth-order valence-electron chi connectivity index (χ4n) is 13.7. The standard InChI is InChI=1S/C25H28N6O3.C24H26N6O3.C18H18BN5O3.C7H13NO2.C4H9I.C3H7.C2H4I.CH4.3HI.Na.H2O.2V/c1-16(2)31-15-26-28-23(31)21-5-4-6-22(27-21)30-14-18-7-8-19(13-20(18)24(30)32)29-11-9-17(10-12-29)25(33)34-3;1-15(2)30-14-25-27-22(30)20-4-3-5-21(26-20)29-13-17-6-7-18(12-19(17)23(29)31)28-10-8-16(9-11-28)24(32)33;1-11(2)24-10-20-22-17(24)15-4-3-5-16(21-15)23-9-12-6-7-13(19(26)27)8-14(12)18(23)25;1-10-7(9)6-2-4-8-5-3-6;1-3-4(2)5;1-3-2;1-2-3;;;;;;;;/h4-8,13,15-17H,9-12,14H2,1-3H3;3-7,12,14-16H,8-11,13H2,1-2H3,(H,32,33);3-8,10-11,26-27H,9H2,1-2H3;6,8H,2-5H2,1H3;4H,3H2,1-2H3;1,3H2,2H3;2H,1H3;1H4;3*1H;;1H2;;/q;;;;;2*-1;;;;;+1;;;+3/p-4. The summed E-state index contributed by atoms with van der Waals surface area (Å²) in [5, 5.41) is 55.7. The zero-order valence-electron chi connectivity index (χ0n) is 71.0. The summed E-state index contributed by atoms with van der Waals surface area (Å²) in [6.07, 6.45) is 11.9. The maximum Gasteiger partial charge on any atom is 1.00 e. The molecule has 39 heteroatoms. The number of rotatable bonds is 16. The van der Waals surface area contributed by atoms with Crippen LogP contribution in [-0.4, -0.2) is 180 Å². The number of alkyl halides is 1. The maximum absolute atomic E-state index is 13.4. The van der Waals surface area contributed by atoms with Crippen molar-refractivity contribution in [3.8, 4) is 34.6 Å². The summed E-state index contributed by atoms with van der Waals surface area (Å²) in [4.78, 5) is 96.6. The van der Waals surface area contributed by atoms with Crippen molar-refractivity contribution in [1.82, 2.24) is 64.6 Å². The number of pyridine rings is 3. The molecule has 6 aliphatic rings. The molecule has 12 heterocycles. The van der Waals surface area contributed by atoms with Crippen LogP contribution in [0.15, 0.2) is 128 Å². The normalized spacial score (nSPS) is 14.7. The number of nitrogens with one attached hydrogen (secondary N) is 1. The predicted octanol–water partition coefficient (Wildman–Crippen LogP) is 12.9. The van der Waals surface area contributed by atoms with Gasteiger partial charge in [0.15, 0.2) is 17.5 Å². The number of amides is 3. The number of carboxylic acid groups (broad SMARTS) is 1. The van der Waals surface area contributed by atoms with Gasteiger partial charge in [-0.1, -0.05) is 93.3 Å². The Bertz CT molecular complexity index is 4840. The van der Waals surface area contributed by atoms with Crippen LogP contribution < -0.4 is 64.8 Å². The molecule has 3 saturated heterocycles. The van der Waals surface area contributed by atoms with Gasteiger partial charge in [0.2, 0.25) is 0 Å². The summed E-state index contributed by atoms with van der Waals surface area (Å²) in [6, 6.07) is 34.1. The third-order valence-corrected chi connectivity index (χ3v) is 21.1. The number of aromatic nitrogens is 12. The molecule has 3 fully saturated rings. The minimum atomic E-state index is -1.61. The fraction of sp³-hybridized carbons (Fsp3) is 0.440. The number of anilines is 5. The van der Waals surface area contributed by atoms with Gasteiger partial charge in [-0.25, -0.2) is 15.0 Å². The summed E-state index contributed by atoms with van der Waals surface area (Å²) in [5.41, 5.74) is 8.83. The molecule has 30 nitrogen and oxygen atoms in total. The van der Waals surface area contributed by atoms with Gasteiger partial charge in [-0.05, 0) is 188 Å². The Labute approximate surface area is 822 Å². The number of fused-ring (bicyclic) bond motifs is 3. The number of halogens is 5. The van der Waals surface area contributed by atoms with Crippen molar-refractivity contribution in [2.75, 3.05) is 78.0 Å². The molecule has 0 bridgehead atoms. The van der Waals surface area contributed by atoms with Crippen molar-refractivity contribution in [1.29, 1.82) is 0 Å². The number of hydrogen-bond donors (Lipinski definition) is 4. The van der Waals surface area contributed by atoms with Gasteiger partial charge in [0, 0.05) is 94.8 Å². The van der Waals surface area contributed by atoms with E-state index in [9.17, 15) is 43.9 Å². The van der Waals surface area contributed by atoms with E-state index in [4.69, 9.17) is 14.7 Å². The number of methoxy groups -OCH3 is 2. The number of piperidine rings is 3. The first-order valence-electron chi connectivity index (χ1n) is 39.5. The van der Waals surface area contributed by atoms with Crippen molar-refractivity contribution in [3.05, 3.63) is 173 Å². The Hall–Kier alpha value is -5.33. The fourth-order valence-corrected chi connectivity index (χ4v) is 13.7. The van der Waals surface area contributed by atoms with E-state index < -0.39 is 13.1 Å². The summed E-state index contributed by atoms with van der Waals surface area (Å²) in [6.45, 7) is 30.3. The number of esters is 2. The van der Waals surface area contributed by atoms with Gasteiger partial charge < -0.3 is 88.4 Å². The number of carbonyl (C=O) groups is 6. The Morgan fingerprint density at radius 3 is 1.15 bits per heavy atom. The van der Waals surface area contributed by atoms with E-state index in [0.717, 1.165) is 90.3 Å². The van der Waals surface area contributed by atoms with Crippen molar-refractivity contribution in [3.63, 3.8) is 0 Å². The minimum Gasteiger partial charge on any atom is -0.870 e. The quantitative estimate of drug-likeness (QED) is 0.0229. The van der Waals surface area contributed by atoms with Crippen LogP contribution in [0.5, 0.6) is 0 Å². The molecule has 0 aliphatic carbocycles. The first-order chi connectivity index (χ1) is 57.0. The molecular formula is C84H110BI5N18NaO12V2-2. The van der Waals surface area contributed by atoms with E-state index in [0.29, 0.717) is 114 Å². The smallest absolute Gasteiger partial charge is 0.870 e. The molecule has 3 aromatic carbocycles. The third-order valence-electron chi connectivity index (χ3n) is 20.2. The molecule has 123 heavy (non-hydrogen) atoms. The van der Waals surface area contributed by atoms with Gasteiger partial charge >= 0.3 is 119 Å². The van der Waals surface area contributed by atoms with Gasteiger partial charge in [0.25, 0.3) is 17.7 Å². The third kappa shape index (κ3) is 30.7. The summed E-state index contributed by atoms with van der Waals surface area (Å²) < 4.78 is 18.2. The number of hydrogen-bond acceptors (Lipinski definition) is 23. The zero-order chi connectivity index (χ0) is 86.7. The molecule has 6 aliphatic heterocycles. The Morgan fingerprint density at radius 1 is 0.561 bits per heavy atom. The molecule has 6 aromatic heterocycles. The van der Waals surface area contributed by atoms with Crippen molar-refractivity contribution in [2.24, 2.45) is 17.8 Å². The topological polar surface area (TPSA) is 371 Å². The number of carbonyl (C=O) groups excluding carboxylic acids is 5. The molecule has 3 amide bonds. The van der Waals surface area contributed by atoms with Crippen LogP contribution in [0.2, 0.25) is 0 Å². The first-order valence-corrected chi connectivity index (χ1v) is 55.5. The van der Waals surface area contributed by atoms with Crippen molar-refractivity contribution < 1.29 is 112 Å². The average molecular weight is 2330 g/mol. The molecule has 9 aromatic rings. The van der Waals surface area contributed by atoms with Crippen LogP contribution in [0, 0.1) is 29.1 Å². The van der Waals surface area contributed by atoms with E-state index in [-0.39, 0.29) is 137 Å². The van der Waals surface area contributed by atoms with Gasteiger partial charge in [0.1, 0.15) is 53.5 Å². The van der Waals surface area contributed by atoms with E-state index in [2.05, 4.69) is 215 Å². The van der Waals surface area contributed by atoms with Crippen LogP contribution in [0.3, 0.4) is 0 Å². The Morgan fingerprint density at radius 2 is 0.862 bits per heavy atom. The van der Waals surface area contributed by atoms with E-state index in [1.54, 1.807) is 51.9 Å². The molecule has 0 spiro atoms. The number of nitrogens with zero attached hydrogens (tertiary/aromatic N) is 17. The van der Waals surface area contributed by atoms with Crippen LogP contribution >= 0.6 is 105 Å². The second kappa shape index (κ2) is 54.9. The Kier molecular flexibility index (Phi) is 49.1. The molecule has 0 saturated carbocycles. The molecular weight excluding hydrogens is 2220 g/mol. The van der Waals surface area contributed by atoms with Gasteiger partial charge in [-0.3, -0.25) is 47.9 Å². The van der Waals surface area contributed by atoms with Gasteiger partial charge in [-0.15, -0.1) is 30.6 Å². The van der Waals surface area contributed by atoms with Gasteiger partial charge in [-0.2, -0.15) is 13.3 Å². The SMILES string of the molecule is C.CC(C)n1cnnc1-c1cccc(N2Cc3ccc(B(O)O)cc3C2=O)n1.CC(C)n1cnnc1-c1cccc(N2Cc3ccc(N4CCC(C(=O)O)CC4)cc3C2=O)n1.CCC(C)I.COC(=O)C1CCN(c2ccc3c(c2)C(=O)N(c2cccc(-c4nncn4C(C)C)n2)C3)CC1.COC(=O)C1CCNCC1.C[CH-]I.[CH2-]CC.[I][V]([I])[I].[Na+].[OH-].[V]. The second-order valence-electron chi connectivity index (χ2n) is 29.3. The molecule has 15 rings (SSSR count). The largest absolute Gasteiger partial charge is 1.00 e. The van der Waals surface area contributed by atoms with Crippen LogP contribution in [0.4, 0.5) is 28.8 Å². The van der Waals surface area contributed by atoms with E-state index in [1.807, 2.05) is 125 Å². The maximum atomic E-state index is 13.4.